The fourth-order valence-electron chi connectivity index (χ4n) is 3.08. The number of nitrogens with one attached hydrogen (secondary N) is 1. The van der Waals surface area contributed by atoms with Crippen molar-refractivity contribution < 1.29 is 24.2 Å². The summed E-state index contributed by atoms with van der Waals surface area (Å²) in [6.07, 6.45) is -0.476. The van der Waals surface area contributed by atoms with Gasteiger partial charge >= 0.3 is 0 Å². The van der Waals surface area contributed by atoms with E-state index in [2.05, 4.69) is 5.32 Å². The van der Waals surface area contributed by atoms with E-state index < -0.39 is 6.29 Å². The van der Waals surface area contributed by atoms with E-state index in [-0.39, 0.29) is 28.4 Å². The minimum absolute atomic E-state index is 0.0306. The lowest BCUT2D eigenvalue weighted by Crippen LogP contribution is -2.28. The van der Waals surface area contributed by atoms with Crippen LogP contribution in [0.15, 0.2) is 36.4 Å². The Kier molecular flexibility index (Phi) is 5.35. The van der Waals surface area contributed by atoms with Gasteiger partial charge in [0.15, 0.2) is 17.9 Å². The van der Waals surface area contributed by atoms with E-state index in [9.17, 15) is 14.7 Å². The summed E-state index contributed by atoms with van der Waals surface area (Å²) >= 11 is 0. The SMILES string of the molecule is CCOC(CNc1ccc(O)c2c1C(=O)c1ccccc1C2=O)OCC. The Balaban J connectivity index is 1.98. The predicted molar refractivity (Wildman–Crippen MR) is 96.9 cm³/mol. The fraction of sp³-hybridized carbons (Fsp3) is 0.300. The maximum atomic E-state index is 13.0. The molecule has 0 heterocycles. The summed E-state index contributed by atoms with van der Waals surface area (Å²) in [6.45, 7) is 5.03. The molecule has 0 aromatic heterocycles. The average molecular weight is 355 g/mol. The number of benzene rings is 2. The first-order valence-corrected chi connectivity index (χ1v) is 8.59. The minimum Gasteiger partial charge on any atom is -0.507 e. The Morgan fingerprint density at radius 2 is 1.50 bits per heavy atom. The van der Waals surface area contributed by atoms with Crippen LogP contribution in [0.2, 0.25) is 0 Å². The number of aromatic hydroxyl groups is 1. The zero-order valence-corrected chi connectivity index (χ0v) is 14.7. The highest BCUT2D eigenvalue weighted by atomic mass is 16.7. The molecule has 6 nitrogen and oxygen atoms in total. The van der Waals surface area contributed by atoms with E-state index in [1.807, 2.05) is 13.8 Å². The molecule has 0 amide bonds. The summed E-state index contributed by atoms with van der Waals surface area (Å²) in [7, 11) is 0. The van der Waals surface area contributed by atoms with Crippen LogP contribution in [0.3, 0.4) is 0 Å². The van der Waals surface area contributed by atoms with Crippen molar-refractivity contribution in [1.29, 1.82) is 0 Å². The molecule has 0 aliphatic heterocycles. The highest BCUT2D eigenvalue weighted by Crippen LogP contribution is 2.36. The number of carbonyl (C=O) groups is 2. The number of hydrogen-bond donors (Lipinski definition) is 2. The van der Waals surface area contributed by atoms with Gasteiger partial charge in [-0.05, 0) is 26.0 Å². The molecule has 136 valence electrons. The van der Waals surface area contributed by atoms with Gasteiger partial charge in [0.25, 0.3) is 0 Å². The van der Waals surface area contributed by atoms with Crippen molar-refractivity contribution in [3.8, 4) is 5.75 Å². The van der Waals surface area contributed by atoms with Gasteiger partial charge in [0.05, 0.1) is 17.7 Å². The summed E-state index contributed by atoms with van der Waals surface area (Å²) in [5.41, 5.74) is 1.32. The summed E-state index contributed by atoms with van der Waals surface area (Å²) < 4.78 is 11.0. The molecule has 0 saturated carbocycles. The van der Waals surface area contributed by atoms with E-state index >= 15 is 0 Å². The number of fused-ring (bicyclic) bond motifs is 2. The van der Waals surface area contributed by atoms with E-state index in [1.165, 1.54) is 6.07 Å². The van der Waals surface area contributed by atoms with Crippen molar-refractivity contribution in [2.45, 2.75) is 20.1 Å². The second kappa shape index (κ2) is 7.68. The standard InChI is InChI=1S/C20H21NO5/c1-3-25-16(26-4-2)11-21-14-9-10-15(22)18-17(14)19(23)12-7-5-6-8-13(12)20(18)24/h5-10,16,21-22H,3-4,11H2,1-2H3. The first kappa shape index (κ1) is 18.1. The lowest BCUT2D eigenvalue weighted by molar-refractivity contribution is -0.126. The number of phenols is 1. The van der Waals surface area contributed by atoms with Crippen LogP contribution in [0.4, 0.5) is 5.69 Å². The molecule has 0 unspecified atom stereocenters. The third-order valence-electron chi connectivity index (χ3n) is 4.22. The molecule has 2 N–H and O–H groups in total. The molecular weight excluding hydrogens is 334 g/mol. The lowest BCUT2D eigenvalue weighted by atomic mass is 9.82. The van der Waals surface area contributed by atoms with E-state index in [0.29, 0.717) is 36.6 Å². The van der Waals surface area contributed by atoms with E-state index in [1.54, 1.807) is 30.3 Å². The minimum atomic E-state index is -0.476. The molecule has 0 atom stereocenters. The number of rotatable bonds is 7. The molecule has 1 aliphatic carbocycles. The highest BCUT2D eigenvalue weighted by Gasteiger charge is 2.34. The molecule has 26 heavy (non-hydrogen) atoms. The Bertz CT molecular complexity index is 840. The van der Waals surface area contributed by atoms with Gasteiger partial charge in [0.2, 0.25) is 0 Å². The molecule has 3 rings (SSSR count). The zero-order valence-electron chi connectivity index (χ0n) is 14.7. The molecule has 6 heteroatoms. The van der Waals surface area contributed by atoms with Gasteiger partial charge in [0, 0.05) is 30.0 Å². The van der Waals surface area contributed by atoms with Crippen LogP contribution < -0.4 is 5.32 Å². The van der Waals surface area contributed by atoms with Gasteiger partial charge in [-0.15, -0.1) is 0 Å². The van der Waals surface area contributed by atoms with Gasteiger partial charge in [-0.1, -0.05) is 24.3 Å². The summed E-state index contributed by atoms with van der Waals surface area (Å²) in [5.74, 6) is -0.856. The fourth-order valence-corrected chi connectivity index (χ4v) is 3.08. The quantitative estimate of drug-likeness (QED) is 0.501. The van der Waals surface area contributed by atoms with Crippen LogP contribution in [0.5, 0.6) is 5.75 Å². The lowest BCUT2D eigenvalue weighted by Gasteiger charge is -2.23. The van der Waals surface area contributed by atoms with Crippen molar-refractivity contribution >= 4 is 17.3 Å². The monoisotopic (exact) mass is 355 g/mol. The topological polar surface area (TPSA) is 84.9 Å². The maximum Gasteiger partial charge on any atom is 0.198 e. The Morgan fingerprint density at radius 1 is 0.923 bits per heavy atom. The Morgan fingerprint density at radius 3 is 2.08 bits per heavy atom. The van der Waals surface area contributed by atoms with Gasteiger partial charge in [-0.2, -0.15) is 0 Å². The Hall–Kier alpha value is -2.70. The molecule has 0 bridgehead atoms. The average Bonchev–Trinajstić information content (AvgIpc) is 2.65. The summed E-state index contributed by atoms with van der Waals surface area (Å²) in [6, 6.07) is 9.63. The second-order valence-corrected chi connectivity index (χ2v) is 5.81. The molecular formula is C20H21NO5. The number of phenolic OH excluding ortho intramolecular Hbond substituents is 1. The third kappa shape index (κ3) is 3.21. The van der Waals surface area contributed by atoms with Crippen LogP contribution in [0.1, 0.15) is 45.7 Å². The smallest absolute Gasteiger partial charge is 0.198 e. The van der Waals surface area contributed by atoms with E-state index in [0.717, 1.165) is 0 Å². The van der Waals surface area contributed by atoms with Crippen LogP contribution in [-0.2, 0) is 9.47 Å². The molecule has 1 aliphatic rings. The van der Waals surface area contributed by atoms with Crippen LogP contribution in [0.25, 0.3) is 0 Å². The molecule has 2 aromatic carbocycles. The number of hydrogen-bond acceptors (Lipinski definition) is 6. The molecule has 0 saturated heterocycles. The zero-order chi connectivity index (χ0) is 18.7. The van der Waals surface area contributed by atoms with Crippen molar-refractivity contribution in [1.82, 2.24) is 0 Å². The first-order valence-electron chi connectivity index (χ1n) is 8.59. The highest BCUT2D eigenvalue weighted by molar-refractivity contribution is 6.31. The van der Waals surface area contributed by atoms with Crippen LogP contribution in [0, 0.1) is 0 Å². The normalized spacial score (nSPS) is 12.9. The summed E-state index contributed by atoms with van der Waals surface area (Å²) in [5, 5.41) is 13.3. The van der Waals surface area contributed by atoms with Crippen molar-refractivity contribution in [3.05, 3.63) is 58.7 Å². The molecule has 0 fully saturated rings. The summed E-state index contributed by atoms with van der Waals surface area (Å²) in [4.78, 5) is 25.7. The van der Waals surface area contributed by atoms with Crippen molar-refractivity contribution in [2.24, 2.45) is 0 Å². The number of carbonyl (C=O) groups excluding carboxylic acids is 2. The first-order chi connectivity index (χ1) is 12.6. The molecule has 2 aromatic rings. The largest absolute Gasteiger partial charge is 0.507 e. The maximum absolute atomic E-state index is 13.0. The Labute approximate surface area is 151 Å². The number of anilines is 1. The van der Waals surface area contributed by atoms with Crippen LogP contribution >= 0.6 is 0 Å². The van der Waals surface area contributed by atoms with Gasteiger partial charge < -0.3 is 19.9 Å². The van der Waals surface area contributed by atoms with Crippen LogP contribution in [-0.4, -0.2) is 42.7 Å². The van der Waals surface area contributed by atoms with E-state index in [4.69, 9.17) is 9.47 Å². The number of ether oxygens (including phenoxy) is 2. The van der Waals surface area contributed by atoms with Gasteiger partial charge in [-0.25, -0.2) is 0 Å². The number of ketones is 2. The van der Waals surface area contributed by atoms with Crippen molar-refractivity contribution in [2.75, 3.05) is 25.1 Å². The second-order valence-electron chi connectivity index (χ2n) is 5.81. The predicted octanol–water partition coefficient (Wildman–Crippen LogP) is 2.98. The molecule has 0 radical (unpaired) electrons. The third-order valence-corrected chi connectivity index (χ3v) is 4.22. The van der Waals surface area contributed by atoms with Gasteiger partial charge in [-0.3, -0.25) is 9.59 Å². The van der Waals surface area contributed by atoms with Gasteiger partial charge in [0.1, 0.15) is 5.75 Å². The molecule has 0 spiro atoms. The van der Waals surface area contributed by atoms with Crippen molar-refractivity contribution in [3.63, 3.8) is 0 Å².